The van der Waals surface area contributed by atoms with E-state index >= 15 is 0 Å². The molecule has 0 saturated heterocycles. The van der Waals surface area contributed by atoms with Gasteiger partial charge in [-0.15, -0.1) is 0 Å². The van der Waals surface area contributed by atoms with Crippen LogP contribution in [-0.4, -0.2) is 61.8 Å². The first-order chi connectivity index (χ1) is 21.7. The van der Waals surface area contributed by atoms with Crippen LogP contribution in [0.1, 0.15) is 37.8 Å². The van der Waals surface area contributed by atoms with Gasteiger partial charge in [-0.05, 0) is 29.9 Å². The molecule has 45 heavy (non-hydrogen) atoms. The van der Waals surface area contributed by atoms with E-state index in [1.807, 2.05) is 62.4 Å². The van der Waals surface area contributed by atoms with Gasteiger partial charge in [0, 0.05) is 19.5 Å². The number of nitrogen functional groups attached to an aromatic ring is 1. The lowest BCUT2D eigenvalue weighted by atomic mass is 9.99. The van der Waals surface area contributed by atoms with E-state index in [9.17, 15) is 19.2 Å². The average molecular weight is 615 g/mol. The summed E-state index contributed by atoms with van der Waals surface area (Å²) in [4.78, 5) is 64.7. The fourth-order valence-electron chi connectivity index (χ4n) is 4.70. The van der Waals surface area contributed by atoms with E-state index in [4.69, 9.17) is 10.5 Å². The summed E-state index contributed by atoms with van der Waals surface area (Å²) in [6.45, 7) is 4.52. The molecule has 5 N–H and O–H groups in total. The SMILES string of the molecule is CC(C)C[C@H](NC(=O)OCc1ccccc1)C(=O)NC(Cc1ccccc1)C(=O)C(=O)NCCCn1cnc2c(N)ncnc21. The first kappa shape index (κ1) is 32.6. The Kier molecular flexibility index (Phi) is 11.5. The molecule has 4 rings (SSSR count). The number of nitrogens with zero attached hydrogens (tertiary/aromatic N) is 4. The maximum absolute atomic E-state index is 13.4. The lowest BCUT2D eigenvalue weighted by molar-refractivity contribution is -0.140. The molecule has 4 aromatic rings. The molecule has 2 aromatic heterocycles. The molecule has 13 heteroatoms. The minimum absolute atomic E-state index is 0.0385. The summed E-state index contributed by atoms with van der Waals surface area (Å²) in [5.41, 5.74) is 8.46. The van der Waals surface area contributed by atoms with Crippen LogP contribution in [0.25, 0.3) is 11.2 Å². The van der Waals surface area contributed by atoms with Crippen LogP contribution in [-0.2, 0) is 38.7 Å². The molecule has 0 saturated carbocycles. The number of carbonyl (C=O) groups is 4. The van der Waals surface area contributed by atoms with E-state index < -0.39 is 35.8 Å². The van der Waals surface area contributed by atoms with Crippen molar-refractivity contribution in [1.29, 1.82) is 0 Å². The predicted octanol–water partition coefficient (Wildman–Crippen LogP) is 2.55. The largest absolute Gasteiger partial charge is 0.445 e. The van der Waals surface area contributed by atoms with Crippen molar-refractivity contribution in [3.63, 3.8) is 0 Å². The maximum Gasteiger partial charge on any atom is 0.408 e. The second-order valence-electron chi connectivity index (χ2n) is 11.0. The van der Waals surface area contributed by atoms with Gasteiger partial charge in [0.1, 0.15) is 30.5 Å². The Bertz CT molecular complexity index is 1590. The lowest BCUT2D eigenvalue weighted by Gasteiger charge is -2.24. The molecule has 0 aliphatic rings. The first-order valence-corrected chi connectivity index (χ1v) is 14.8. The van der Waals surface area contributed by atoms with Crippen molar-refractivity contribution in [1.82, 2.24) is 35.5 Å². The Morgan fingerprint density at radius 3 is 2.27 bits per heavy atom. The third-order valence-electron chi connectivity index (χ3n) is 6.96. The quantitative estimate of drug-likeness (QED) is 0.115. The van der Waals surface area contributed by atoms with Crippen molar-refractivity contribution in [3.8, 4) is 0 Å². The Labute approximate surface area is 261 Å². The van der Waals surface area contributed by atoms with E-state index in [2.05, 4.69) is 30.9 Å². The number of hydrogen-bond acceptors (Lipinski definition) is 9. The molecule has 0 fully saturated rings. The summed E-state index contributed by atoms with van der Waals surface area (Å²) in [6, 6.07) is 16.1. The van der Waals surface area contributed by atoms with E-state index in [0.29, 0.717) is 30.6 Å². The highest BCUT2D eigenvalue weighted by Crippen LogP contribution is 2.14. The molecule has 0 bridgehead atoms. The van der Waals surface area contributed by atoms with Gasteiger partial charge in [0.05, 0.1) is 6.33 Å². The summed E-state index contributed by atoms with van der Waals surface area (Å²) in [5, 5.41) is 7.98. The van der Waals surface area contributed by atoms with Crippen LogP contribution < -0.4 is 21.7 Å². The molecular formula is C32H38N8O5. The van der Waals surface area contributed by atoms with Gasteiger partial charge in [-0.3, -0.25) is 14.4 Å². The van der Waals surface area contributed by atoms with E-state index in [0.717, 1.165) is 11.1 Å². The van der Waals surface area contributed by atoms with Crippen LogP contribution in [0, 0.1) is 5.92 Å². The van der Waals surface area contributed by atoms with Crippen molar-refractivity contribution in [2.75, 3.05) is 12.3 Å². The van der Waals surface area contributed by atoms with Crippen molar-refractivity contribution in [2.45, 2.75) is 58.3 Å². The molecular weight excluding hydrogens is 576 g/mol. The standard InChI is InChI=1S/C32H38N8O5/c1-21(2)16-25(39-32(44)45-18-23-12-7-4-8-13-23)30(42)38-24(17-22-10-5-3-6-11-22)27(41)31(43)34-14-9-15-40-20-37-26-28(33)35-19-36-29(26)40/h3-8,10-13,19-21,24-25H,9,14-18H2,1-2H3,(H,34,43)(H,38,42)(H,39,44)(H2,33,35,36)/t24?,25-/m0/s1. The van der Waals surface area contributed by atoms with Crippen molar-refractivity contribution < 1.29 is 23.9 Å². The van der Waals surface area contributed by atoms with Crippen molar-refractivity contribution in [2.24, 2.45) is 5.92 Å². The second kappa shape index (κ2) is 15.9. The highest BCUT2D eigenvalue weighted by molar-refractivity contribution is 6.38. The number of Topliss-reactive ketones (excluding diaryl/α,β-unsaturated/α-hetero) is 1. The number of hydrogen-bond donors (Lipinski definition) is 4. The van der Waals surface area contributed by atoms with E-state index in [-0.39, 0.29) is 31.3 Å². The van der Waals surface area contributed by atoms with Gasteiger partial charge in [0.25, 0.3) is 5.91 Å². The molecule has 0 aliphatic carbocycles. The third-order valence-corrected chi connectivity index (χ3v) is 6.96. The molecule has 2 atom stereocenters. The minimum atomic E-state index is -1.16. The molecule has 2 aromatic carbocycles. The number of alkyl carbamates (subject to hydrolysis) is 1. The number of amides is 3. The molecule has 0 radical (unpaired) electrons. The van der Waals surface area contributed by atoms with Crippen LogP contribution in [0.3, 0.4) is 0 Å². The zero-order valence-electron chi connectivity index (χ0n) is 25.3. The van der Waals surface area contributed by atoms with Gasteiger partial charge in [-0.2, -0.15) is 0 Å². The van der Waals surface area contributed by atoms with Gasteiger partial charge >= 0.3 is 6.09 Å². The number of fused-ring (bicyclic) bond motifs is 1. The monoisotopic (exact) mass is 614 g/mol. The van der Waals surface area contributed by atoms with Crippen LogP contribution in [0.4, 0.5) is 10.6 Å². The summed E-state index contributed by atoms with van der Waals surface area (Å²) >= 11 is 0. The number of aromatic nitrogens is 4. The molecule has 0 aliphatic heterocycles. The second-order valence-corrected chi connectivity index (χ2v) is 11.0. The molecule has 236 valence electrons. The minimum Gasteiger partial charge on any atom is -0.445 e. The van der Waals surface area contributed by atoms with E-state index in [1.165, 1.54) is 6.33 Å². The number of nitrogens with two attached hydrogens (primary N) is 1. The van der Waals surface area contributed by atoms with Gasteiger partial charge < -0.3 is 31.0 Å². The van der Waals surface area contributed by atoms with E-state index in [1.54, 1.807) is 23.0 Å². The zero-order chi connectivity index (χ0) is 32.2. The molecule has 1 unspecified atom stereocenters. The molecule has 2 heterocycles. The summed E-state index contributed by atoms with van der Waals surface area (Å²) < 4.78 is 7.09. The Morgan fingerprint density at radius 2 is 1.58 bits per heavy atom. The number of ketones is 1. The molecule has 0 spiro atoms. The number of anilines is 1. The molecule has 3 amide bonds. The Morgan fingerprint density at radius 1 is 0.889 bits per heavy atom. The third kappa shape index (κ3) is 9.58. The highest BCUT2D eigenvalue weighted by atomic mass is 16.5. The fourth-order valence-corrected chi connectivity index (χ4v) is 4.70. The number of nitrogens with one attached hydrogen (secondary N) is 3. The number of benzene rings is 2. The summed E-state index contributed by atoms with van der Waals surface area (Å²) in [7, 11) is 0. The van der Waals surface area contributed by atoms with Gasteiger partial charge in [-0.1, -0.05) is 74.5 Å². The van der Waals surface area contributed by atoms with Crippen molar-refractivity contribution >= 4 is 40.7 Å². The number of carbonyl (C=O) groups excluding carboxylic acids is 4. The highest BCUT2D eigenvalue weighted by Gasteiger charge is 2.31. The maximum atomic E-state index is 13.4. The number of aryl methyl sites for hydroxylation is 1. The first-order valence-electron chi connectivity index (χ1n) is 14.8. The number of rotatable bonds is 15. The smallest absolute Gasteiger partial charge is 0.408 e. The predicted molar refractivity (Wildman–Crippen MR) is 167 cm³/mol. The van der Waals surface area contributed by atoms with Crippen LogP contribution in [0.15, 0.2) is 73.3 Å². The number of ether oxygens (including phenoxy) is 1. The van der Waals surface area contributed by atoms with Gasteiger partial charge in [0.2, 0.25) is 11.7 Å². The summed E-state index contributed by atoms with van der Waals surface area (Å²) in [6.07, 6.45) is 3.05. The summed E-state index contributed by atoms with van der Waals surface area (Å²) in [5.74, 6) is -1.89. The topological polar surface area (TPSA) is 183 Å². The zero-order valence-corrected chi connectivity index (χ0v) is 25.3. The van der Waals surface area contributed by atoms with Gasteiger partial charge in [0.15, 0.2) is 11.5 Å². The lowest BCUT2D eigenvalue weighted by Crippen LogP contribution is -2.55. The fraction of sp³-hybridized carbons (Fsp3) is 0.344. The average Bonchev–Trinajstić information content (AvgIpc) is 3.46. The Hall–Kier alpha value is -5.33. The van der Waals surface area contributed by atoms with Crippen LogP contribution in [0.5, 0.6) is 0 Å². The Balaban J connectivity index is 1.37. The van der Waals surface area contributed by atoms with Crippen LogP contribution >= 0.6 is 0 Å². The van der Waals surface area contributed by atoms with Crippen LogP contribution in [0.2, 0.25) is 0 Å². The normalized spacial score (nSPS) is 12.3. The van der Waals surface area contributed by atoms with Crippen molar-refractivity contribution in [3.05, 3.63) is 84.4 Å². The number of imidazole rings is 1. The van der Waals surface area contributed by atoms with Gasteiger partial charge in [-0.25, -0.2) is 19.7 Å². The molecule has 13 nitrogen and oxygen atoms in total.